The second kappa shape index (κ2) is 7.90. The van der Waals surface area contributed by atoms with Crippen molar-refractivity contribution in [3.05, 3.63) is 30.3 Å². The van der Waals surface area contributed by atoms with Crippen LogP contribution in [0.1, 0.15) is 25.7 Å². The quantitative estimate of drug-likeness (QED) is 0.309. The van der Waals surface area contributed by atoms with Gasteiger partial charge in [-0.25, -0.2) is 0 Å². The molecular formula is C20H28O2SSi. The van der Waals surface area contributed by atoms with Crippen LogP contribution in [-0.2, 0) is 9.53 Å². The maximum atomic E-state index is 12.6. The highest BCUT2D eigenvalue weighted by Crippen LogP contribution is 2.52. The first-order valence-corrected chi connectivity index (χ1v) is 12.9. The number of hydrogen-bond donors (Lipinski definition) is 0. The van der Waals surface area contributed by atoms with E-state index in [2.05, 4.69) is 49.8 Å². The molecule has 0 bridgehead atoms. The van der Waals surface area contributed by atoms with Crippen molar-refractivity contribution >= 4 is 25.6 Å². The Hall–Kier alpha value is -1.02. The Bertz CT molecular complexity index is 602. The molecule has 0 heterocycles. The van der Waals surface area contributed by atoms with Crippen LogP contribution in [0.15, 0.2) is 35.2 Å². The molecule has 1 unspecified atom stereocenters. The Balaban J connectivity index is 2.48. The zero-order chi connectivity index (χ0) is 17.8. The third-order valence-corrected chi connectivity index (χ3v) is 11.1. The summed E-state index contributed by atoms with van der Waals surface area (Å²) < 4.78 is 5.92. The van der Waals surface area contributed by atoms with Gasteiger partial charge >= 0.3 is 0 Å². The number of methoxy groups -OCH3 is 1. The van der Waals surface area contributed by atoms with Gasteiger partial charge in [-0.15, -0.1) is 12.3 Å². The lowest BCUT2D eigenvalue weighted by Crippen LogP contribution is -2.59. The number of ether oxygens (including phenoxy) is 1. The highest BCUT2D eigenvalue weighted by molar-refractivity contribution is 8.02. The molecule has 0 saturated heterocycles. The molecular weight excluding hydrogens is 332 g/mol. The molecule has 1 aliphatic rings. The van der Waals surface area contributed by atoms with Crippen LogP contribution >= 0.6 is 11.8 Å². The minimum absolute atomic E-state index is 0.0772. The molecule has 24 heavy (non-hydrogen) atoms. The van der Waals surface area contributed by atoms with Gasteiger partial charge in [0.1, 0.15) is 10.3 Å². The van der Waals surface area contributed by atoms with E-state index in [1.54, 1.807) is 18.9 Å². The van der Waals surface area contributed by atoms with Crippen molar-refractivity contribution in [2.45, 2.75) is 54.8 Å². The molecule has 2 rings (SSSR count). The fourth-order valence-corrected chi connectivity index (χ4v) is 8.70. The van der Waals surface area contributed by atoms with Gasteiger partial charge in [0.2, 0.25) is 0 Å². The number of carbonyl (C=O) groups is 1. The van der Waals surface area contributed by atoms with Crippen molar-refractivity contribution in [3.8, 4) is 12.3 Å². The van der Waals surface area contributed by atoms with Gasteiger partial charge in [-0.05, 0) is 25.0 Å². The zero-order valence-electron chi connectivity index (χ0n) is 15.2. The molecule has 3 atom stereocenters. The predicted octanol–water partition coefficient (Wildman–Crippen LogP) is 5.01. The van der Waals surface area contributed by atoms with Crippen LogP contribution in [0.3, 0.4) is 0 Å². The summed E-state index contributed by atoms with van der Waals surface area (Å²) in [7, 11) is 0.0182. The largest absolute Gasteiger partial charge is 0.371 e. The van der Waals surface area contributed by atoms with Crippen molar-refractivity contribution in [2.24, 2.45) is 11.8 Å². The second-order valence-electron chi connectivity index (χ2n) is 7.52. The summed E-state index contributed by atoms with van der Waals surface area (Å²) >= 11 is 1.80. The van der Waals surface area contributed by atoms with Gasteiger partial charge in [-0.3, -0.25) is 4.79 Å². The number of thioether (sulfide) groups is 1. The maximum absolute atomic E-state index is 12.6. The first kappa shape index (κ1) is 19.3. The van der Waals surface area contributed by atoms with E-state index < -0.39 is 8.07 Å². The summed E-state index contributed by atoms with van der Waals surface area (Å²) in [5.74, 6) is 3.16. The van der Waals surface area contributed by atoms with Crippen LogP contribution in [-0.4, -0.2) is 25.5 Å². The summed E-state index contributed by atoms with van der Waals surface area (Å²) in [4.78, 5) is 13.8. The number of ketones is 1. The Morgan fingerprint density at radius 1 is 1.33 bits per heavy atom. The average molecular weight is 361 g/mol. The summed E-state index contributed by atoms with van der Waals surface area (Å²) in [6.07, 6.45) is 8.72. The third kappa shape index (κ3) is 3.79. The second-order valence-corrected chi connectivity index (χ2v) is 14.4. The monoisotopic (exact) mass is 360 g/mol. The molecule has 1 aromatic rings. The Morgan fingerprint density at radius 2 is 2.00 bits per heavy atom. The fraction of sp³-hybridized carbons (Fsp3) is 0.550. The van der Waals surface area contributed by atoms with Crippen molar-refractivity contribution in [1.29, 1.82) is 0 Å². The molecule has 1 saturated carbocycles. The lowest BCUT2D eigenvalue weighted by molar-refractivity contribution is -0.128. The summed E-state index contributed by atoms with van der Waals surface area (Å²) in [5, 5.41) is 0. The Labute approximate surface area is 151 Å². The molecule has 0 aliphatic heterocycles. The number of rotatable bonds is 6. The SMILES string of the molecule is C#CC[C@@H]1C(=O)CCC[C@H]1C(OC)(Sc1ccccc1)[Si](C)(C)C. The predicted molar refractivity (Wildman–Crippen MR) is 105 cm³/mol. The summed E-state index contributed by atoms with van der Waals surface area (Å²) in [5.41, 5.74) is 0. The molecule has 0 radical (unpaired) electrons. The molecule has 1 aromatic carbocycles. The van der Waals surface area contributed by atoms with Gasteiger partial charge in [0.15, 0.2) is 0 Å². The van der Waals surface area contributed by atoms with Crippen molar-refractivity contribution in [3.63, 3.8) is 0 Å². The van der Waals surface area contributed by atoms with E-state index in [0.29, 0.717) is 18.6 Å². The number of carbonyl (C=O) groups excluding carboxylic acids is 1. The van der Waals surface area contributed by atoms with Gasteiger partial charge in [-0.2, -0.15) is 0 Å². The fourth-order valence-electron chi connectivity index (χ4n) is 3.89. The highest BCUT2D eigenvalue weighted by atomic mass is 32.2. The maximum Gasteiger partial charge on any atom is 0.137 e. The molecule has 0 aromatic heterocycles. The third-order valence-electron chi connectivity index (χ3n) is 5.02. The van der Waals surface area contributed by atoms with E-state index in [1.165, 1.54) is 4.90 Å². The van der Waals surface area contributed by atoms with Crippen molar-refractivity contribution in [2.75, 3.05) is 7.11 Å². The molecule has 0 N–H and O–H groups in total. The number of terminal acetylenes is 1. The van der Waals surface area contributed by atoms with E-state index in [1.807, 2.05) is 6.07 Å². The lowest BCUT2D eigenvalue weighted by Gasteiger charge is -2.50. The van der Waals surface area contributed by atoms with Crippen LogP contribution in [0.5, 0.6) is 0 Å². The van der Waals surface area contributed by atoms with E-state index >= 15 is 0 Å². The van der Waals surface area contributed by atoms with Crippen LogP contribution in [0.4, 0.5) is 0 Å². The minimum Gasteiger partial charge on any atom is -0.371 e. The Morgan fingerprint density at radius 3 is 2.54 bits per heavy atom. The van der Waals surface area contributed by atoms with Gasteiger partial charge < -0.3 is 4.74 Å². The van der Waals surface area contributed by atoms with Crippen molar-refractivity contribution < 1.29 is 9.53 Å². The smallest absolute Gasteiger partial charge is 0.137 e. The molecule has 1 aliphatic carbocycles. The van der Waals surface area contributed by atoms with Crippen LogP contribution < -0.4 is 0 Å². The Kier molecular flexibility index (Phi) is 6.36. The van der Waals surface area contributed by atoms with E-state index in [9.17, 15) is 4.79 Å². The number of hydrogen-bond acceptors (Lipinski definition) is 3. The molecule has 2 nitrogen and oxygen atoms in total. The van der Waals surface area contributed by atoms with E-state index in [-0.39, 0.29) is 16.4 Å². The van der Waals surface area contributed by atoms with Crippen LogP contribution in [0.25, 0.3) is 0 Å². The number of benzene rings is 1. The highest BCUT2D eigenvalue weighted by Gasteiger charge is 2.54. The van der Waals surface area contributed by atoms with Gasteiger partial charge in [0, 0.05) is 36.7 Å². The normalized spacial score (nSPS) is 24.2. The first-order valence-electron chi connectivity index (χ1n) is 8.61. The molecule has 1 fully saturated rings. The average Bonchev–Trinajstić information content (AvgIpc) is 2.55. The minimum atomic E-state index is -1.79. The summed E-state index contributed by atoms with van der Waals surface area (Å²) in [6, 6.07) is 10.4. The van der Waals surface area contributed by atoms with Gasteiger partial charge in [0.05, 0.1) is 8.07 Å². The van der Waals surface area contributed by atoms with E-state index in [4.69, 9.17) is 11.2 Å². The van der Waals surface area contributed by atoms with Crippen molar-refractivity contribution in [1.82, 2.24) is 0 Å². The van der Waals surface area contributed by atoms with Gasteiger partial charge in [-0.1, -0.05) is 49.6 Å². The zero-order valence-corrected chi connectivity index (χ0v) is 17.0. The topological polar surface area (TPSA) is 26.3 Å². The molecule has 0 amide bonds. The lowest BCUT2D eigenvalue weighted by atomic mass is 9.76. The molecule has 130 valence electrons. The summed E-state index contributed by atoms with van der Waals surface area (Å²) in [6.45, 7) is 7.00. The molecule has 0 spiro atoms. The number of Topliss-reactive ketones (excluding diaryl/α,β-unsaturated/α-hetero) is 1. The van der Waals surface area contributed by atoms with E-state index in [0.717, 1.165) is 12.8 Å². The van der Waals surface area contributed by atoms with Crippen LogP contribution in [0.2, 0.25) is 19.6 Å². The van der Waals surface area contributed by atoms with Crippen LogP contribution in [0, 0.1) is 24.2 Å². The standard InChI is InChI=1S/C20H28O2SSi/c1-6-11-17-18(14-10-15-19(17)21)20(22-2,24(3,4)5)23-16-12-8-7-9-13-16/h1,7-9,12-13,17-18H,10-11,14-15H2,2-5H3/t17-,18+,20?/m0/s1. The first-order chi connectivity index (χ1) is 11.4. The molecule has 4 heteroatoms. The van der Waals surface area contributed by atoms with Gasteiger partial charge in [0.25, 0.3) is 0 Å².